The molecule has 2 N–H and O–H groups in total. The number of anilines is 1. The number of esters is 1. The van der Waals surface area contributed by atoms with Gasteiger partial charge in [-0.1, -0.05) is 26.0 Å². The summed E-state index contributed by atoms with van der Waals surface area (Å²) >= 11 is 0. The number of methoxy groups -OCH3 is 1. The molecule has 0 spiro atoms. The standard InChI is InChI=1S/C19H26N2O4/c1-12(2)9-16(19(24)25-3)21-17(22)6-4-5-13-7-8-15-14(10-13)11-18(23)20-15/h7-8,10,12,16H,4-6,9,11H2,1-3H3,(H,20,23)(H,21,22). The molecule has 136 valence electrons. The number of rotatable bonds is 8. The van der Waals surface area contributed by atoms with Gasteiger partial charge in [0.1, 0.15) is 6.04 Å². The fraction of sp³-hybridized carbons (Fsp3) is 0.526. The molecule has 0 bridgehead atoms. The predicted molar refractivity (Wildman–Crippen MR) is 95.1 cm³/mol. The summed E-state index contributed by atoms with van der Waals surface area (Å²) in [6.07, 6.45) is 2.76. The highest BCUT2D eigenvalue weighted by Gasteiger charge is 2.22. The molecule has 2 rings (SSSR count). The summed E-state index contributed by atoms with van der Waals surface area (Å²) in [6, 6.07) is 5.31. The van der Waals surface area contributed by atoms with Crippen molar-refractivity contribution < 1.29 is 19.1 Å². The van der Waals surface area contributed by atoms with Crippen LogP contribution in [-0.2, 0) is 32.0 Å². The third kappa shape index (κ3) is 5.59. The zero-order chi connectivity index (χ0) is 18.4. The Morgan fingerprint density at radius 2 is 2.08 bits per heavy atom. The molecule has 6 nitrogen and oxygen atoms in total. The van der Waals surface area contributed by atoms with E-state index in [1.54, 1.807) is 0 Å². The Hall–Kier alpha value is -2.37. The van der Waals surface area contributed by atoms with E-state index >= 15 is 0 Å². The third-order valence-electron chi connectivity index (χ3n) is 4.19. The third-order valence-corrected chi connectivity index (χ3v) is 4.19. The molecule has 0 saturated heterocycles. The van der Waals surface area contributed by atoms with Gasteiger partial charge in [0, 0.05) is 12.1 Å². The van der Waals surface area contributed by atoms with E-state index in [4.69, 9.17) is 4.74 Å². The predicted octanol–water partition coefficient (Wildman–Crippen LogP) is 2.21. The summed E-state index contributed by atoms with van der Waals surface area (Å²) in [6.45, 7) is 3.99. The minimum Gasteiger partial charge on any atom is -0.467 e. The highest BCUT2D eigenvalue weighted by molar-refractivity contribution is 5.99. The maximum atomic E-state index is 12.1. The molecule has 1 atom stereocenters. The minimum atomic E-state index is -0.588. The average Bonchev–Trinajstić information content (AvgIpc) is 2.92. The molecule has 25 heavy (non-hydrogen) atoms. The molecule has 1 aromatic rings. The summed E-state index contributed by atoms with van der Waals surface area (Å²) < 4.78 is 4.75. The van der Waals surface area contributed by atoms with Gasteiger partial charge < -0.3 is 15.4 Å². The van der Waals surface area contributed by atoms with Crippen LogP contribution in [0.2, 0.25) is 0 Å². The fourth-order valence-electron chi connectivity index (χ4n) is 2.99. The van der Waals surface area contributed by atoms with E-state index < -0.39 is 12.0 Å². The number of hydrogen-bond acceptors (Lipinski definition) is 4. The lowest BCUT2D eigenvalue weighted by atomic mass is 10.0. The van der Waals surface area contributed by atoms with Crippen molar-refractivity contribution in [3.05, 3.63) is 29.3 Å². The molecular weight excluding hydrogens is 320 g/mol. The van der Waals surface area contributed by atoms with Crippen LogP contribution in [0, 0.1) is 5.92 Å². The fourth-order valence-corrected chi connectivity index (χ4v) is 2.99. The summed E-state index contributed by atoms with van der Waals surface area (Å²) in [7, 11) is 1.33. The van der Waals surface area contributed by atoms with E-state index in [9.17, 15) is 14.4 Å². The zero-order valence-electron chi connectivity index (χ0n) is 15.1. The van der Waals surface area contributed by atoms with E-state index in [-0.39, 0.29) is 17.7 Å². The number of aryl methyl sites for hydroxylation is 1. The van der Waals surface area contributed by atoms with Crippen molar-refractivity contribution in [2.75, 3.05) is 12.4 Å². The van der Waals surface area contributed by atoms with Crippen LogP contribution in [0.25, 0.3) is 0 Å². The molecule has 0 fully saturated rings. The zero-order valence-corrected chi connectivity index (χ0v) is 15.1. The number of amides is 2. The van der Waals surface area contributed by atoms with Gasteiger partial charge in [0.2, 0.25) is 11.8 Å². The highest BCUT2D eigenvalue weighted by atomic mass is 16.5. The lowest BCUT2D eigenvalue weighted by Gasteiger charge is -2.18. The van der Waals surface area contributed by atoms with Crippen LogP contribution < -0.4 is 10.6 Å². The second kappa shape index (κ2) is 8.65. The van der Waals surface area contributed by atoms with Crippen molar-refractivity contribution in [2.24, 2.45) is 5.92 Å². The summed E-state index contributed by atoms with van der Waals surface area (Å²) in [5, 5.41) is 5.57. The Bertz CT molecular complexity index is 655. The van der Waals surface area contributed by atoms with Crippen LogP contribution in [0.15, 0.2) is 18.2 Å². The first-order valence-electron chi connectivity index (χ1n) is 8.68. The lowest BCUT2D eigenvalue weighted by molar-refractivity contribution is -0.145. The summed E-state index contributed by atoms with van der Waals surface area (Å²) in [5.74, 6) is -0.246. The molecule has 6 heteroatoms. The number of hydrogen-bond donors (Lipinski definition) is 2. The first-order chi connectivity index (χ1) is 11.9. The molecule has 1 heterocycles. The van der Waals surface area contributed by atoms with Crippen LogP contribution in [0.1, 0.15) is 44.2 Å². The SMILES string of the molecule is COC(=O)C(CC(C)C)NC(=O)CCCc1ccc2c(c1)CC(=O)N2. The van der Waals surface area contributed by atoms with Gasteiger partial charge in [0.05, 0.1) is 13.5 Å². The number of fused-ring (bicyclic) bond motifs is 1. The Balaban J connectivity index is 1.81. The minimum absolute atomic E-state index is 0.0190. The Kier molecular flexibility index (Phi) is 6.56. The molecule has 1 aliphatic rings. The maximum Gasteiger partial charge on any atom is 0.328 e. The Morgan fingerprint density at radius 1 is 1.32 bits per heavy atom. The highest BCUT2D eigenvalue weighted by Crippen LogP contribution is 2.24. The molecule has 2 amide bonds. The molecular formula is C19H26N2O4. The number of benzene rings is 1. The van der Waals surface area contributed by atoms with Gasteiger partial charge in [0.15, 0.2) is 0 Å². The van der Waals surface area contributed by atoms with Crippen LogP contribution in [0.5, 0.6) is 0 Å². The lowest BCUT2D eigenvalue weighted by Crippen LogP contribution is -2.42. The second-order valence-corrected chi connectivity index (χ2v) is 6.84. The first-order valence-corrected chi connectivity index (χ1v) is 8.68. The maximum absolute atomic E-state index is 12.1. The van der Waals surface area contributed by atoms with E-state index in [0.717, 1.165) is 23.2 Å². The quantitative estimate of drug-likeness (QED) is 0.707. The number of carbonyl (C=O) groups is 3. The van der Waals surface area contributed by atoms with E-state index in [1.807, 2.05) is 32.0 Å². The van der Waals surface area contributed by atoms with E-state index in [0.29, 0.717) is 25.7 Å². The van der Waals surface area contributed by atoms with Crippen LogP contribution in [0.3, 0.4) is 0 Å². The number of nitrogens with one attached hydrogen (secondary N) is 2. The number of carbonyl (C=O) groups excluding carboxylic acids is 3. The van der Waals surface area contributed by atoms with Crippen molar-refractivity contribution in [1.82, 2.24) is 5.32 Å². The van der Waals surface area contributed by atoms with Crippen LogP contribution in [0.4, 0.5) is 5.69 Å². The van der Waals surface area contributed by atoms with Crippen molar-refractivity contribution in [3.63, 3.8) is 0 Å². The van der Waals surface area contributed by atoms with Crippen molar-refractivity contribution in [3.8, 4) is 0 Å². The smallest absolute Gasteiger partial charge is 0.328 e. The molecule has 0 radical (unpaired) electrons. The van der Waals surface area contributed by atoms with Gasteiger partial charge in [-0.15, -0.1) is 0 Å². The normalized spacial score (nSPS) is 14.0. The molecule has 1 aromatic carbocycles. The Morgan fingerprint density at radius 3 is 2.76 bits per heavy atom. The van der Waals surface area contributed by atoms with Crippen LogP contribution >= 0.6 is 0 Å². The van der Waals surface area contributed by atoms with Gasteiger partial charge in [-0.25, -0.2) is 4.79 Å². The van der Waals surface area contributed by atoms with Gasteiger partial charge in [-0.2, -0.15) is 0 Å². The van der Waals surface area contributed by atoms with Gasteiger partial charge >= 0.3 is 5.97 Å². The van der Waals surface area contributed by atoms with Gasteiger partial charge in [-0.3, -0.25) is 9.59 Å². The first kappa shape index (κ1) is 19.0. The largest absolute Gasteiger partial charge is 0.467 e. The van der Waals surface area contributed by atoms with Crippen molar-refractivity contribution in [2.45, 2.75) is 52.0 Å². The van der Waals surface area contributed by atoms with Crippen LogP contribution in [-0.4, -0.2) is 30.9 Å². The van der Waals surface area contributed by atoms with Crippen molar-refractivity contribution in [1.29, 1.82) is 0 Å². The number of ether oxygens (including phenoxy) is 1. The second-order valence-electron chi connectivity index (χ2n) is 6.84. The summed E-state index contributed by atoms with van der Waals surface area (Å²) in [4.78, 5) is 35.2. The Labute approximate surface area is 148 Å². The van der Waals surface area contributed by atoms with E-state index in [1.165, 1.54) is 7.11 Å². The van der Waals surface area contributed by atoms with Crippen molar-refractivity contribution >= 4 is 23.5 Å². The monoisotopic (exact) mass is 346 g/mol. The molecule has 1 unspecified atom stereocenters. The summed E-state index contributed by atoms with van der Waals surface area (Å²) in [5.41, 5.74) is 2.99. The van der Waals surface area contributed by atoms with Gasteiger partial charge in [0.25, 0.3) is 0 Å². The van der Waals surface area contributed by atoms with Gasteiger partial charge in [-0.05, 0) is 42.4 Å². The molecule has 0 aromatic heterocycles. The topological polar surface area (TPSA) is 84.5 Å². The van der Waals surface area contributed by atoms with E-state index in [2.05, 4.69) is 10.6 Å². The molecule has 0 aliphatic carbocycles. The average molecular weight is 346 g/mol. The molecule has 0 saturated carbocycles. The molecule has 1 aliphatic heterocycles.